The molecule has 1 rings (SSSR count). The van der Waals surface area contributed by atoms with E-state index >= 15 is 0 Å². The van der Waals surface area contributed by atoms with Crippen LogP contribution in [0.1, 0.15) is 19.3 Å². The van der Waals surface area contributed by atoms with Crippen molar-refractivity contribution < 1.29 is 18.6 Å². The van der Waals surface area contributed by atoms with Crippen molar-refractivity contribution in [1.82, 2.24) is 4.31 Å². The maximum atomic E-state index is 11.1. The van der Waals surface area contributed by atoms with Crippen molar-refractivity contribution in [2.24, 2.45) is 0 Å². The smallest absolute Gasteiger partial charge is 0.213 e. The fraction of sp³-hybridized carbons (Fsp3) is 1.00. The minimum atomic E-state index is -3.45. The van der Waals surface area contributed by atoms with Gasteiger partial charge in [-0.1, -0.05) is 0 Å². The second-order valence-electron chi connectivity index (χ2n) is 3.52. The van der Waals surface area contributed by atoms with Gasteiger partial charge in [0.15, 0.2) is 5.72 Å². The molecule has 0 bridgehead atoms. The molecule has 0 aromatic carbocycles. The van der Waals surface area contributed by atoms with E-state index in [-0.39, 0.29) is 6.42 Å². The first-order chi connectivity index (χ1) is 5.78. The van der Waals surface area contributed by atoms with Gasteiger partial charge < -0.3 is 10.2 Å². The molecule has 1 fully saturated rings. The predicted molar refractivity (Wildman–Crippen MR) is 47.4 cm³/mol. The second-order valence-corrected chi connectivity index (χ2v) is 5.53. The monoisotopic (exact) mass is 209 g/mol. The summed E-state index contributed by atoms with van der Waals surface area (Å²) in [5.74, 6) is 0. The highest BCUT2D eigenvalue weighted by Gasteiger charge is 2.46. The highest BCUT2D eigenvalue weighted by atomic mass is 32.2. The van der Waals surface area contributed by atoms with Gasteiger partial charge in [0.05, 0.1) is 12.4 Å². The minimum absolute atomic E-state index is 0.289. The Hall–Kier alpha value is -0.170. The maximum absolute atomic E-state index is 11.1. The summed E-state index contributed by atoms with van der Waals surface area (Å²) in [5.41, 5.74) is -1.60. The van der Waals surface area contributed by atoms with Gasteiger partial charge in [0.2, 0.25) is 10.0 Å². The van der Waals surface area contributed by atoms with E-state index in [2.05, 4.69) is 0 Å². The molecule has 0 heterocycles. The van der Waals surface area contributed by atoms with Crippen LogP contribution in [0.15, 0.2) is 0 Å². The Morgan fingerprint density at radius 3 is 2.38 bits per heavy atom. The predicted octanol–water partition coefficient (Wildman–Crippen LogP) is -0.889. The van der Waals surface area contributed by atoms with Crippen molar-refractivity contribution in [3.05, 3.63) is 0 Å². The molecule has 0 spiro atoms. The molecule has 2 N–H and O–H groups in total. The van der Waals surface area contributed by atoms with Crippen molar-refractivity contribution >= 4 is 10.0 Å². The largest absolute Gasteiger partial charge is 0.389 e. The lowest BCUT2D eigenvalue weighted by molar-refractivity contribution is -0.118. The average molecular weight is 209 g/mol. The number of hydrogen-bond donors (Lipinski definition) is 2. The van der Waals surface area contributed by atoms with Crippen LogP contribution in [0.4, 0.5) is 0 Å². The Morgan fingerprint density at radius 2 is 2.08 bits per heavy atom. The van der Waals surface area contributed by atoms with Crippen LogP contribution in [0.2, 0.25) is 0 Å². The SMILES string of the molecule is CN(C1(O)CCCC1O)S(C)(=O)=O. The zero-order valence-electron chi connectivity index (χ0n) is 7.77. The fourth-order valence-corrected chi connectivity index (χ4v) is 2.40. The molecule has 13 heavy (non-hydrogen) atoms. The van der Waals surface area contributed by atoms with Gasteiger partial charge in [-0.25, -0.2) is 8.42 Å². The van der Waals surface area contributed by atoms with Gasteiger partial charge in [0.25, 0.3) is 0 Å². The summed E-state index contributed by atoms with van der Waals surface area (Å²) in [7, 11) is -2.17. The molecular formula is C7H15NO4S. The van der Waals surface area contributed by atoms with E-state index in [1.54, 1.807) is 0 Å². The number of hydrogen-bond acceptors (Lipinski definition) is 4. The first-order valence-corrected chi connectivity index (χ1v) is 5.98. The number of nitrogens with zero attached hydrogens (tertiary/aromatic N) is 1. The molecule has 5 nitrogen and oxygen atoms in total. The Morgan fingerprint density at radius 1 is 1.54 bits per heavy atom. The van der Waals surface area contributed by atoms with Gasteiger partial charge in [0, 0.05) is 7.05 Å². The molecule has 6 heteroatoms. The Kier molecular flexibility index (Phi) is 2.68. The van der Waals surface area contributed by atoms with Crippen molar-refractivity contribution in [1.29, 1.82) is 0 Å². The lowest BCUT2D eigenvalue weighted by Gasteiger charge is -2.34. The highest BCUT2D eigenvalue weighted by Crippen LogP contribution is 2.33. The van der Waals surface area contributed by atoms with Crippen LogP contribution >= 0.6 is 0 Å². The van der Waals surface area contributed by atoms with Crippen molar-refractivity contribution in [3.63, 3.8) is 0 Å². The summed E-state index contributed by atoms with van der Waals surface area (Å²) in [4.78, 5) is 0. The van der Waals surface area contributed by atoms with E-state index in [0.717, 1.165) is 10.6 Å². The van der Waals surface area contributed by atoms with Crippen LogP contribution < -0.4 is 0 Å². The number of aliphatic hydroxyl groups excluding tert-OH is 1. The van der Waals surface area contributed by atoms with Gasteiger partial charge in [-0.05, 0) is 19.3 Å². The van der Waals surface area contributed by atoms with E-state index < -0.39 is 21.9 Å². The summed E-state index contributed by atoms with van der Waals surface area (Å²) in [5, 5.41) is 19.3. The molecule has 78 valence electrons. The van der Waals surface area contributed by atoms with Crippen LogP contribution in [0.5, 0.6) is 0 Å². The van der Waals surface area contributed by atoms with Gasteiger partial charge in [-0.3, -0.25) is 0 Å². The molecule has 0 radical (unpaired) electrons. The molecule has 2 atom stereocenters. The summed E-state index contributed by atoms with van der Waals surface area (Å²) in [6.07, 6.45) is 1.40. The fourth-order valence-electron chi connectivity index (χ4n) is 1.61. The third-order valence-electron chi connectivity index (χ3n) is 2.60. The maximum Gasteiger partial charge on any atom is 0.213 e. The number of sulfonamides is 1. The zero-order chi connectivity index (χ0) is 10.3. The normalized spacial score (nSPS) is 35.6. The van der Waals surface area contributed by atoms with E-state index in [1.807, 2.05) is 0 Å². The number of likely N-dealkylation sites (N-methyl/N-ethyl adjacent to an activating group) is 1. The lowest BCUT2D eigenvalue weighted by Crippen LogP contribution is -2.54. The van der Waals surface area contributed by atoms with Crippen LogP contribution in [0, 0.1) is 0 Å². The zero-order valence-corrected chi connectivity index (χ0v) is 8.58. The van der Waals surface area contributed by atoms with E-state index in [9.17, 15) is 18.6 Å². The molecule has 0 aliphatic heterocycles. The van der Waals surface area contributed by atoms with Crippen LogP contribution in [-0.4, -0.2) is 48.1 Å². The van der Waals surface area contributed by atoms with Crippen LogP contribution in [0.3, 0.4) is 0 Å². The molecule has 0 amide bonds. The summed E-state index contributed by atoms with van der Waals surface area (Å²) in [6, 6.07) is 0. The third-order valence-corrected chi connectivity index (χ3v) is 3.91. The van der Waals surface area contributed by atoms with E-state index in [4.69, 9.17) is 0 Å². The lowest BCUT2D eigenvalue weighted by atomic mass is 10.1. The molecular weight excluding hydrogens is 194 g/mol. The molecule has 1 saturated carbocycles. The second kappa shape index (κ2) is 3.20. The Balaban J connectivity index is 2.93. The van der Waals surface area contributed by atoms with Crippen LogP contribution in [-0.2, 0) is 10.0 Å². The summed E-state index contributed by atoms with van der Waals surface area (Å²) >= 11 is 0. The average Bonchev–Trinajstić information content (AvgIpc) is 2.30. The minimum Gasteiger partial charge on any atom is -0.389 e. The van der Waals surface area contributed by atoms with Gasteiger partial charge in [-0.2, -0.15) is 4.31 Å². The van der Waals surface area contributed by atoms with E-state index in [1.165, 1.54) is 7.05 Å². The Bertz CT molecular complexity index is 289. The molecule has 2 unspecified atom stereocenters. The third kappa shape index (κ3) is 1.85. The Labute approximate surface area is 78.0 Å². The molecule has 1 aliphatic rings. The van der Waals surface area contributed by atoms with Crippen molar-refractivity contribution in [3.8, 4) is 0 Å². The molecule has 0 saturated heterocycles. The standard InChI is InChI=1S/C7H15NO4S/c1-8(13(2,11)12)7(10)5-3-4-6(7)9/h6,9-10H,3-5H2,1-2H3. The first-order valence-electron chi connectivity index (χ1n) is 4.13. The first kappa shape index (κ1) is 10.9. The van der Waals surface area contributed by atoms with Gasteiger partial charge >= 0.3 is 0 Å². The summed E-state index contributed by atoms with van der Waals surface area (Å²) < 4.78 is 23.1. The quantitative estimate of drug-likeness (QED) is 0.578. The highest BCUT2D eigenvalue weighted by molar-refractivity contribution is 7.88. The van der Waals surface area contributed by atoms with Gasteiger partial charge in [-0.15, -0.1) is 0 Å². The number of aliphatic hydroxyl groups is 2. The molecule has 1 aliphatic carbocycles. The van der Waals surface area contributed by atoms with Crippen LogP contribution in [0.25, 0.3) is 0 Å². The van der Waals surface area contributed by atoms with Crippen molar-refractivity contribution in [2.75, 3.05) is 13.3 Å². The topological polar surface area (TPSA) is 77.8 Å². The van der Waals surface area contributed by atoms with E-state index in [0.29, 0.717) is 12.8 Å². The molecule has 0 aromatic heterocycles. The summed E-state index contributed by atoms with van der Waals surface area (Å²) in [6.45, 7) is 0. The molecule has 0 aromatic rings. The number of rotatable bonds is 2. The van der Waals surface area contributed by atoms with Crippen molar-refractivity contribution in [2.45, 2.75) is 31.1 Å². The van der Waals surface area contributed by atoms with Gasteiger partial charge in [0.1, 0.15) is 0 Å².